The first-order chi connectivity index (χ1) is 12.9. The Morgan fingerprint density at radius 2 is 1.78 bits per heavy atom. The predicted molar refractivity (Wildman–Crippen MR) is 105 cm³/mol. The van der Waals surface area contributed by atoms with Crippen LogP contribution in [0.5, 0.6) is 5.75 Å². The molecule has 27 heavy (non-hydrogen) atoms. The highest BCUT2D eigenvalue weighted by Gasteiger charge is 2.29. The molecule has 6 nitrogen and oxygen atoms in total. The standard InChI is InChI=1S/C20H30N2O4S/c1-16-8-7-11-21(15-16)20(23)18-14-17(9-10-19(18)26-2)27(24,25)22-12-5-3-4-6-13-22/h9-10,14,16H,3-8,11-13,15H2,1-2H3/t16-/m1/s1. The molecular formula is C20H30N2O4S. The van der Waals surface area contributed by atoms with Crippen molar-refractivity contribution in [2.75, 3.05) is 33.3 Å². The zero-order valence-electron chi connectivity index (χ0n) is 16.3. The van der Waals surface area contributed by atoms with Gasteiger partial charge in [-0.15, -0.1) is 0 Å². The first-order valence-electron chi connectivity index (χ1n) is 9.91. The summed E-state index contributed by atoms with van der Waals surface area (Å²) in [4.78, 5) is 15.1. The minimum atomic E-state index is -3.60. The van der Waals surface area contributed by atoms with Crippen molar-refractivity contribution in [3.8, 4) is 5.75 Å². The van der Waals surface area contributed by atoms with Gasteiger partial charge in [0.15, 0.2) is 0 Å². The van der Waals surface area contributed by atoms with Gasteiger partial charge in [0.2, 0.25) is 10.0 Å². The number of hydrogen-bond acceptors (Lipinski definition) is 4. The Morgan fingerprint density at radius 1 is 1.07 bits per heavy atom. The Labute approximate surface area is 162 Å². The maximum absolute atomic E-state index is 13.1. The van der Waals surface area contributed by atoms with Crippen molar-refractivity contribution in [2.24, 2.45) is 5.92 Å². The molecule has 3 rings (SSSR count). The van der Waals surface area contributed by atoms with Crippen molar-refractivity contribution in [1.29, 1.82) is 0 Å². The normalized spacial score (nSPS) is 22.3. The topological polar surface area (TPSA) is 66.9 Å². The number of sulfonamides is 1. The molecule has 2 heterocycles. The third-order valence-electron chi connectivity index (χ3n) is 5.55. The summed E-state index contributed by atoms with van der Waals surface area (Å²) in [5, 5.41) is 0. The molecule has 2 saturated heterocycles. The van der Waals surface area contributed by atoms with Crippen molar-refractivity contribution in [3.05, 3.63) is 23.8 Å². The molecular weight excluding hydrogens is 364 g/mol. The van der Waals surface area contributed by atoms with Crippen LogP contribution in [-0.4, -0.2) is 56.8 Å². The third-order valence-corrected chi connectivity index (χ3v) is 7.44. The summed E-state index contributed by atoms with van der Waals surface area (Å²) in [5.41, 5.74) is 0.336. The molecule has 0 N–H and O–H groups in total. The van der Waals surface area contributed by atoms with Crippen LogP contribution in [0.4, 0.5) is 0 Å². The maximum Gasteiger partial charge on any atom is 0.257 e. The van der Waals surface area contributed by atoms with Crippen LogP contribution < -0.4 is 4.74 Å². The minimum absolute atomic E-state index is 0.147. The number of methoxy groups -OCH3 is 1. The zero-order chi connectivity index (χ0) is 19.4. The monoisotopic (exact) mass is 394 g/mol. The summed E-state index contributed by atoms with van der Waals surface area (Å²) >= 11 is 0. The van der Waals surface area contributed by atoms with E-state index in [0.29, 0.717) is 43.4 Å². The second-order valence-electron chi connectivity index (χ2n) is 7.68. The molecule has 150 valence electrons. The number of likely N-dealkylation sites (tertiary alicyclic amines) is 1. The second kappa shape index (κ2) is 8.61. The summed E-state index contributed by atoms with van der Waals surface area (Å²) in [7, 11) is -2.09. The largest absolute Gasteiger partial charge is 0.496 e. The van der Waals surface area contributed by atoms with Crippen molar-refractivity contribution >= 4 is 15.9 Å². The predicted octanol–water partition coefficient (Wildman–Crippen LogP) is 3.13. The first-order valence-corrected chi connectivity index (χ1v) is 11.3. The zero-order valence-corrected chi connectivity index (χ0v) is 17.1. The van der Waals surface area contributed by atoms with Crippen LogP contribution in [0.25, 0.3) is 0 Å². The quantitative estimate of drug-likeness (QED) is 0.787. The van der Waals surface area contributed by atoms with Crippen molar-refractivity contribution < 1.29 is 17.9 Å². The smallest absolute Gasteiger partial charge is 0.257 e. The molecule has 2 aliphatic rings. The molecule has 2 fully saturated rings. The van der Waals surface area contributed by atoms with E-state index >= 15 is 0 Å². The van der Waals surface area contributed by atoms with Crippen LogP contribution in [0.15, 0.2) is 23.1 Å². The molecule has 0 saturated carbocycles. The molecule has 0 aliphatic carbocycles. The Kier molecular flexibility index (Phi) is 6.42. The SMILES string of the molecule is COc1ccc(S(=O)(=O)N2CCCCCC2)cc1C(=O)N1CCC[C@@H](C)C1. The van der Waals surface area contributed by atoms with E-state index in [9.17, 15) is 13.2 Å². The van der Waals surface area contributed by atoms with Crippen LogP contribution >= 0.6 is 0 Å². The highest BCUT2D eigenvalue weighted by molar-refractivity contribution is 7.89. The average molecular weight is 395 g/mol. The van der Waals surface area contributed by atoms with E-state index in [1.54, 1.807) is 16.4 Å². The Balaban J connectivity index is 1.91. The third kappa shape index (κ3) is 4.46. The Bertz CT molecular complexity index is 770. The van der Waals surface area contributed by atoms with E-state index in [2.05, 4.69) is 6.92 Å². The van der Waals surface area contributed by atoms with Gasteiger partial charge in [-0.1, -0.05) is 19.8 Å². The highest BCUT2D eigenvalue weighted by atomic mass is 32.2. The molecule has 0 radical (unpaired) electrons. The number of amides is 1. The fourth-order valence-corrected chi connectivity index (χ4v) is 5.53. The van der Waals surface area contributed by atoms with Crippen LogP contribution in [0.2, 0.25) is 0 Å². The molecule has 0 aromatic heterocycles. The summed E-state index contributed by atoms with van der Waals surface area (Å²) in [6, 6.07) is 4.65. The van der Waals surface area contributed by atoms with Crippen molar-refractivity contribution in [1.82, 2.24) is 9.21 Å². The van der Waals surface area contributed by atoms with Crippen molar-refractivity contribution in [3.63, 3.8) is 0 Å². The van der Waals surface area contributed by atoms with Gasteiger partial charge in [-0.25, -0.2) is 8.42 Å². The van der Waals surface area contributed by atoms with Gasteiger partial charge in [0.1, 0.15) is 5.75 Å². The molecule has 0 bridgehead atoms. The number of carbonyl (C=O) groups excluding carboxylic acids is 1. The van der Waals surface area contributed by atoms with Gasteiger partial charge in [0, 0.05) is 26.2 Å². The van der Waals surface area contributed by atoms with Gasteiger partial charge in [-0.05, 0) is 49.8 Å². The molecule has 1 aromatic carbocycles. The number of nitrogens with zero attached hydrogens (tertiary/aromatic N) is 2. The van der Waals surface area contributed by atoms with Gasteiger partial charge in [0.05, 0.1) is 17.6 Å². The Hall–Kier alpha value is -1.60. The number of rotatable bonds is 4. The lowest BCUT2D eigenvalue weighted by atomic mass is 9.99. The van der Waals surface area contributed by atoms with Crippen LogP contribution in [0.3, 0.4) is 0 Å². The van der Waals surface area contributed by atoms with E-state index in [0.717, 1.165) is 38.5 Å². The van der Waals surface area contributed by atoms with Gasteiger partial charge in [0.25, 0.3) is 5.91 Å². The minimum Gasteiger partial charge on any atom is -0.496 e. The van der Waals surface area contributed by atoms with E-state index in [4.69, 9.17) is 4.74 Å². The molecule has 0 spiro atoms. The molecule has 2 aliphatic heterocycles. The van der Waals surface area contributed by atoms with Crippen LogP contribution in [-0.2, 0) is 10.0 Å². The van der Waals surface area contributed by atoms with Gasteiger partial charge < -0.3 is 9.64 Å². The fraction of sp³-hybridized carbons (Fsp3) is 0.650. The molecule has 7 heteroatoms. The van der Waals surface area contributed by atoms with Crippen LogP contribution in [0, 0.1) is 5.92 Å². The summed E-state index contributed by atoms with van der Waals surface area (Å²) < 4.78 is 33.1. The second-order valence-corrected chi connectivity index (χ2v) is 9.62. The number of benzene rings is 1. The van der Waals surface area contributed by atoms with Gasteiger partial charge >= 0.3 is 0 Å². The Morgan fingerprint density at radius 3 is 2.41 bits per heavy atom. The van der Waals surface area contributed by atoms with E-state index in [1.165, 1.54) is 13.2 Å². The number of hydrogen-bond donors (Lipinski definition) is 0. The number of piperidine rings is 1. The first kappa shape index (κ1) is 20.1. The molecule has 1 amide bonds. The number of carbonyl (C=O) groups is 1. The summed E-state index contributed by atoms with van der Waals surface area (Å²) in [5.74, 6) is 0.733. The van der Waals surface area contributed by atoms with E-state index in [1.807, 2.05) is 4.90 Å². The lowest BCUT2D eigenvalue weighted by Gasteiger charge is -2.31. The van der Waals surface area contributed by atoms with E-state index < -0.39 is 10.0 Å². The molecule has 1 atom stereocenters. The summed E-state index contributed by atoms with van der Waals surface area (Å²) in [6.45, 7) is 4.62. The maximum atomic E-state index is 13.1. The van der Waals surface area contributed by atoms with Gasteiger partial charge in [-0.3, -0.25) is 4.79 Å². The highest BCUT2D eigenvalue weighted by Crippen LogP contribution is 2.28. The van der Waals surface area contributed by atoms with Crippen LogP contribution in [0.1, 0.15) is 55.8 Å². The lowest BCUT2D eigenvalue weighted by molar-refractivity contribution is 0.0679. The average Bonchev–Trinajstić information content (AvgIpc) is 2.97. The van der Waals surface area contributed by atoms with Crippen molar-refractivity contribution in [2.45, 2.75) is 50.3 Å². The lowest BCUT2D eigenvalue weighted by Crippen LogP contribution is -2.39. The summed E-state index contributed by atoms with van der Waals surface area (Å²) in [6.07, 6.45) is 5.97. The van der Waals surface area contributed by atoms with Gasteiger partial charge in [-0.2, -0.15) is 4.31 Å². The van der Waals surface area contributed by atoms with E-state index in [-0.39, 0.29) is 10.8 Å². The fourth-order valence-electron chi connectivity index (χ4n) is 3.99. The number of ether oxygens (including phenoxy) is 1. The molecule has 1 aromatic rings. The molecule has 0 unspecified atom stereocenters.